The van der Waals surface area contributed by atoms with Crippen molar-refractivity contribution in [3.05, 3.63) is 109 Å². The van der Waals surface area contributed by atoms with Gasteiger partial charge in [-0.1, -0.05) is 95.5 Å². The molecule has 2 N–H and O–H groups in total. The molecule has 0 aromatic heterocycles. The number of esters is 2. The van der Waals surface area contributed by atoms with Gasteiger partial charge in [0.1, 0.15) is 18.9 Å². The second-order valence-electron chi connectivity index (χ2n) is 12.5. The van der Waals surface area contributed by atoms with Crippen LogP contribution in [0.15, 0.2) is 97.8 Å². The van der Waals surface area contributed by atoms with Crippen LogP contribution in [0.3, 0.4) is 0 Å². The first-order valence-corrected chi connectivity index (χ1v) is 15.4. The summed E-state index contributed by atoms with van der Waals surface area (Å²) in [5.41, 5.74) is 11.7. The van der Waals surface area contributed by atoms with Gasteiger partial charge in [0.25, 0.3) is 0 Å². The number of carbonyl (C=O) groups excluding carboxylic acids is 2. The first-order valence-electron chi connectivity index (χ1n) is 15.4. The van der Waals surface area contributed by atoms with Crippen LogP contribution in [0.2, 0.25) is 0 Å². The van der Waals surface area contributed by atoms with E-state index < -0.39 is 11.1 Å². The SMILES string of the molecule is C=CCOC(=O)CCCN1/C(=C/C=C/C2(N)N(CCCC(=O)OCC=C)c3ccccc3C2(C)C)C(C)(C)c2ccccc21. The average Bonchev–Trinajstić information content (AvgIpc) is 3.32. The van der Waals surface area contributed by atoms with E-state index in [-0.39, 0.29) is 30.6 Å². The fourth-order valence-corrected chi connectivity index (χ4v) is 6.47. The largest absolute Gasteiger partial charge is 0.461 e. The summed E-state index contributed by atoms with van der Waals surface area (Å²) in [7, 11) is 0. The van der Waals surface area contributed by atoms with E-state index in [0.29, 0.717) is 38.8 Å². The maximum atomic E-state index is 12.2. The number of allylic oxidation sites excluding steroid dienone is 3. The van der Waals surface area contributed by atoms with E-state index in [4.69, 9.17) is 15.2 Å². The zero-order valence-electron chi connectivity index (χ0n) is 26.7. The quantitative estimate of drug-likeness (QED) is 0.192. The van der Waals surface area contributed by atoms with Crippen molar-refractivity contribution >= 4 is 23.3 Å². The summed E-state index contributed by atoms with van der Waals surface area (Å²) in [5, 5.41) is 0. The second kappa shape index (κ2) is 13.7. The maximum absolute atomic E-state index is 12.2. The monoisotopic (exact) mass is 597 g/mol. The fourth-order valence-electron chi connectivity index (χ4n) is 6.47. The van der Waals surface area contributed by atoms with Gasteiger partial charge in [-0.25, -0.2) is 0 Å². The van der Waals surface area contributed by atoms with Gasteiger partial charge < -0.3 is 25.0 Å². The molecule has 4 rings (SSSR count). The van der Waals surface area contributed by atoms with Crippen LogP contribution in [-0.4, -0.2) is 43.9 Å². The molecule has 0 fully saturated rings. The lowest BCUT2D eigenvalue weighted by atomic mass is 9.75. The molecule has 1 unspecified atom stereocenters. The summed E-state index contributed by atoms with van der Waals surface area (Å²) < 4.78 is 10.4. The van der Waals surface area contributed by atoms with Crippen LogP contribution in [0, 0.1) is 0 Å². The third kappa shape index (κ3) is 6.39. The molecule has 44 heavy (non-hydrogen) atoms. The minimum Gasteiger partial charge on any atom is -0.461 e. The molecule has 234 valence electrons. The van der Waals surface area contributed by atoms with Gasteiger partial charge in [-0.2, -0.15) is 0 Å². The number of nitrogens with two attached hydrogens (primary N) is 1. The first kappa shape index (κ1) is 32.8. The number of carbonyl (C=O) groups is 2. The molecular weight excluding hydrogens is 550 g/mol. The van der Waals surface area contributed by atoms with Crippen molar-refractivity contribution in [1.82, 2.24) is 0 Å². The number of fused-ring (bicyclic) bond motifs is 2. The third-order valence-electron chi connectivity index (χ3n) is 8.97. The Labute approximate surface area is 262 Å². The topological polar surface area (TPSA) is 85.1 Å². The molecular formula is C37H47N3O4. The molecule has 2 heterocycles. The van der Waals surface area contributed by atoms with Crippen LogP contribution in [0.4, 0.5) is 11.4 Å². The summed E-state index contributed by atoms with van der Waals surface area (Å²) in [6.07, 6.45) is 11.4. The van der Waals surface area contributed by atoms with Crippen molar-refractivity contribution in [1.29, 1.82) is 0 Å². The van der Waals surface area contributed by atoms with Crippen LogP contribution in [0.25, 0.3) is 0 Å². The number of anilines is 2. The zero-order chi connectivity index (χ0) is 32.0. The number of hydrogen-bond donors (Lipinski definition) is 1. The van der Waals surface area contributed by atoms with Gasteiger partial charge in [-0.3, -0.25) is 9.59 Å². The lowest BCUT2D eigenvalue weighted by Crippen LogP contribution is -2.61. The van der Waals surface area contributed by atoms with Crippen LogP contribution in [0.5, 0.6) is 0 Å². The number of rotatable bonds is 14. The Bertz CT molecular complexity index is 1440. The summed E-state index contributed by atoms with van der Waals surface area (Å²) in [6.45, 7) is 17.8. The van der Waals surface area contributed by atoms with Gasteiger partial charge in [0.05, 0.1) is 0 Å². The number of ether oxygens (including phenoxy) is 2. The van der Waals surface area contributed by atoms with Crippen molar-refractivity contribution in [3.8, 4) is 0 Å². The Morgan fingerprint density at radius 1 is 0.818 bits per heavy atom. The Hall–Kier alpha value is -4.10. The lowest BCUT2D eigenvalue weighted by Gasteiger charge is -2.43. The molecule has 0 amide bonds. The third-order valence-corrected chi connectivity index (χ3v) is 8.97. The summed E-state index contributed by atoms with van der Waals surface area (Å²) >= 11 is 0. The highest BCUT2D eigenvalue weighted by molar-refractivity contribution is 5.73. The van der Waals surface area contributed by atoms with Crippen molar-refractivity contribution in [2.24, 2.45) is 5.73 Å². The summed E-state index contributed by atoms with van der Waals surface area (Å²) in [5.74, 6) is -0.458. The predicted molar refractivity (Wildman–Crippen MR) is 179 cm³/mol. The molecule has 0 bridgehead atoms. The summed E-state index contributed by atoms with van der Waals surface area (Å²) in [6, 6.07) is 16.8. The van der Waals surface area contributed by atoms with Crippen molar-refractivity contribution < 1.29 is 19.1 Å². The van der Waals surface area contributed by atoms with Gasteiger partial charge in [-0.15, -0.1) is 0 Å². The highest BCUT2D eigenvalue weighted by atomic mass is 16.5. The normalized spacial score (nSPS) is 20.4. The molecule has 2 aromatic rings. The molecule has 0 saturated carbocycles. The zero-order valence-corrected chi connectivity index (χ0v) is 26.7. The van der Waals surface area contributed by atoms with E-state index in [1.807, 2.05) is 12.1 Å². The average molecular weight is 598 g/mol. The van der Waals surface area contributed by atoms with Crippen LogP contribution in [-0.2, 0) is 29.9 Å². The van der Waals surface area contributed by atoms with E-state index in [2.05, 4.69) is 105 Å². The van der Waals surface area contributed by atoms with Crippen LogP contribution < -0.4 is 15.5 Å². The van der Waals surface area contributed by atoms with Crippen molar-refractivity contribution in [2.45, 2.75) is 69.9 Å². The predicted octanol–water partition coefficient (Wildman–Crippen LogP) is 6.70. The minimum atomic E-state index is -0.839. The Morgan fingerprint density at radius 2 is 1.36 bits per heavy atom. The number of benzene rings is 2. The standard InChI is InChI=1S/C37H47N3O4/c1-7-26-43-33(41)21-14-24-39-30-18-11-9-16-28(30)35(3,4)32(39)20-13-23-37(38)36(5,6)29-17-10-12-19-31(29)40(37)25-15-22-34(42)44-27-8-2/h7-13,16-20,23H,1-2,14-15,21-22,24-27,38H2,3-6H3/b23-13+,32-20+. The van der Waals surface area contributed by atoms with Gasteiger partial charge >= 0.3 is 11.9 Å². The molecule has 7 heteroatoms. The van der Waals surface area contributed by atoms with E-state index in [0.717, 1.165) is 17.1 Å². The number of hydrogen-bond acceptors (Lipinski definition) is 7. The van der Waals surface area contributed by atoms with E-state index in [1.54, 1.807) is 12.2 Å². The Morgan fingerprint density at radius 3 is 1.98 bits per heavy atom. The van der Waals surface area contributed by atoms with E-state index >= 15 is 0 Å². The minimum absolute atomic E-state index is 0.216. The highest BCUT2D eigenvalue weighted by Crippen LogP contribution is 2.51. The number of para-hydroxylation sites is 2. The molecule has 0 radical (unpaired) electrons. The van der Waals surface area contributed by atoms with Gasteiger partial charge in [0, 0.05) is 53.8 Å². The smallest absolute Gasteiger partial charge is 0.306 e. The Balaban J connectivity index is 1.62. The van der Waals surface area contributed by atoms with E-state index in [1.165, 1.54) is 11.1 Å². The molecule has 2 aromatic carbocycles. The summed E-state index contributed by atoms with van der Waals surface area (Å²) in [4.78, 5) is 28.9. The first-order chi connectivity index (χ1) is 21.0. The van der Waals surface area contributed by atoms with Crippen molar-refractivity contribution in [2.75, 3.05) is 36.1 Å². The van der Waals surface area contributed by atoms with Crippen molar-refractivity contribution in [3.63, 3.8) is 0 Å². The second-order valence-corrected chi connectivity index (χ2v) is 12.5. The Kier molecular flexibility index (Phi) is 10.2. The maximum Gasteiger partial charge on any atom is 0.306 e. The molecule has 1 atom stereocenters. The molecule has 0 spiro atoms. The van der Waals surface area contributed by atoms with Crippen LogP contribution in [0.1, 0.15) is 64.5 Å². The van der Waals surface area contributed by atoms with Gasteiger partial charge in [0.15, 0.2) is 0 Å². The lowest BCUT2D eigenvalue weighted by molar-refractivity contribution is -0.143. The molecule has 0 saturated heterocycles. The molecule has 2 aliphatic heterocycles. The highest BCUT2D eigenvalue weighted by Gasteiger charge is 2.52. The molecule has 0 aliphatic carbocycles. The number of nitrogens with zero attached hydrogens (tertiary/aromatic N) is 2. The van der Waals surface area contributed by atoms with E-state index in [9.17, 15) is 9.59 Å². The molecule has 7 nitrogen and oxygen atoms in total. The fraction of sp³-hybridized carbons (Fsp3) is 0.405. The van der Waals surface area contributed by atoms with Gasteiger partial charge in [-0.05, 0) is 48.3 Å². The van der Waals surface area contributed by atoms with Crippen LogP contribution >= 0.6 is 0 Å². The van der Waals surface area contributed by atoms with Gasteiger partial charge in [0.2, 0.25) is 0 Å². The molecule has 2 aliphatic rings.